The molecule has 0 aliphatic carbocycles. The fraction of sp³-hybridized carbons (Fsp3) is 0.250. The van der Waals surface area contributed by atoms with Crippen molar-refractivity contribution in [3.8, 4) is 17.0 Å². The summed E-state index contributed by atoms with van der Waals surface area (Å²) < 4.78 is 8.70. The van der Waals surface area contributed by atoms with Crippen molar-refractivity contribution in [2.24, 2.45) is 5.73 Å². The van der Waals surface area contributed by atoms with Gasteiger partial charge in [0, 0.05) is 36.0 Å². The van der Waals surface area contributed by atoms with Gasteiger partial charge in [-0.05, 0) is 71.6 Å². The molecule has 2 aromatic heterocycles. The summed E-state index contributed by atoms with van der Waals surface area (Å²) in [7, 11) is 0. The first kappa shape index (κ1) is 27.6. The van der Waals surface area contributed by atoms with Crippen LogP contribution in [0.4, 0.5) is 0 Å². The smallest absolute Gasteiger partial charge is 0.249 e. The van der Waals surface area contributed by atoms with Crippen LogP contribution in [0.15, 0.2) is 65.4 Å². The highest BCUT2D eigenvalue weighted by molar-refractivity contribution is 9.10. The van der Waals surface area contributed by atoms with Crippen LogP contribution < -0.4 is 15.8 Å². The fourth-order valence-electron chi connectivity index (χ4n) is 4.32. The summed E-state index contributed by atoms with van der Waals surface area (Å²) in [5, 5.41) is 12.2. The maximum Gasteiger partial charge on any atom is 0.249 e. The Morgan fingerprint density at radius 1 is 1.18 bits per heavy atom. The summed E-state index contributed by atoms with van der Waals surface area (Å²) >= 11 is 10.3. The largest absolute Gasteiger partial charge is 0.489 e. The molecule has 0 fully saturated rings. The topological polar surface area (TPSA) is 119 Å². The van der Waals surface area contributed by atoms with Gasteiger partial charge < -0.3 is 25.3 Å². The number of carbonyl (C=O) groups excluding carboxylic acids is 2. The van der Waals surface area contributed by atoms with Crippen molar-refractivity contribution >= 4 is 45.0 Å². The van der Waals surface area contributed by atoms with Gasteiger partial charge in [-0.1, -0.05) is 35.9 Å². The number of aliphatic hydroxyl groups excluding tert-OH is 1. The Morgan fingerprint density at radius 3 is 2.55 bits per heavy atom. The highest BCUT2D eigenvalue weighted by Gasteiger charge is 2.25. The Kier molecular flexibility index (Phi) is 8.71. The number of ether oxygens (including phenoxy) is 1. The van der Waals surface area contributed by atoms with Crippen LogP contribution >= 0.6 is 27.5 Å². The minimum atomic E-state index is -0.649. The molecule has 0 radical (unpaired) electrons. The lowest BCUT2D eigenvalue weighted by Crippen LogP contribution is -2.32. The molecule has 2 amide bonds. The third kappa shape index (κ3) is 6.18. The third-order valence-corrected chi connectivity index (χ3v) is 7.05. The number of hydrogen-bond donors (Lipinski definition) is 3. The van der Waals surface area contributed by atoms with E-state index < -0.39 is 24.3 Å². The molecule has 1 atom stereocenters. The summed E-state index contributed by atoms with van der Waals surface area (Å²) in [6, 6.07) is 15.0. The number of fused-ring (bicyclic) bond motifs is 1. The molecule has 0 saturated carbocycles. The Morgan fingerprint density at radius 2 is 1.92 bits per heavy atom. The number of carbonyl (C=O) groups is 2. The summed E-state index contributed by atoms with van der Waals surface area (Å²) in [6.07, 6.45) is 4.20. The van der Waals surface area contributed by atoms with Crippen LogP contribution in [0.25, 0.3) is 16.9 Å². The number of aromatic nitrogens is 2. The van der Waals surface area contributed by atoms with E-state index in [4.69, 9.17) is 27.1 Å². The molecule has 0 bridgehead atoms. The van der Waals surface area contributed by atoms with Crippen molar-refractivity contribution < 1.29 is 19.4 Å². The van der Waals surface area contributed by atoms with Gasteiger partial charge in [-0.15, -0.1) is 0 Å². The summed E-state index contributed by atoms with van der Waals surface area (Å²) in [6.45, 7) is 3.23. The highest BCUT2D eigenvalue weighted by atomic mass is 79.9. The minimum absolute atomic E-state index is 0.132. The molecule has 10 heteroatoms. The molecular weight excluding hydrogens is 572 g/mol. The van der Waals surface area contributed by atoms with Crippen LogP contribution in [-0.2, 0) is 11.2 Å². The maximum atomic E-state index is 12.3. The van der Waals surface area contributed by atoms with E-state index >= 15 is 0 Å². The lowest BCUT2D eigenvalue weighted by atomic mass is 9.87. The first-order chi connectivity index (χ1) is 18.2. The molecule has 0 spiro atoms. The van der Waals surface area contributed by atoms with E-state index in [2.05, 4.69) is 21.2 Å². The van der Waals surface area contributed by atoms with E-state index in [1.807, 2.05) is 67.0 Å². The van der Waals surface area contributed by atoms with Gasteiger partial charge in [0.2, 0.25) is 11.8 Å². The van der Waals surface area contributed by atoms with Crippen molar-refractivity contribution in [2.45, 2.75) is 32.3 Å². The number of amides is 2. The van der Waals surface area contributed by atoms with Crippen LogP contribution in [0, 0.1) is 0 Å². The van der Waals surface area contributed by atoms with E-state index in [0.717, 1.165) is 26.9 Å². The first-order valence-electron chi connectivity index (χ1n) is 12.1. The van der Waals surface area contributed by atoms with Gasteiger partial charge in [0.15, 0.2) is 5.65 Å². The molecule has 4 aromatic rings. The van der Waals surface area contributed by atoms with E-state index in [0.29, 0.717) is 17.7 Å². The summed E-state index contributed by atoms with van der Waals surface area (Å²) in [5.41, 5.74) is 9.98. The normalized spacial score (nSPS) is 12.1. The Bertz CT molecular complexity index is 1470. The van der Waals surface area contributed by atoms with Crippen LogP contribution in [0.3, 0.4) is 0 Å². The number of nitrogens with one attached hydrogen (secondary N) is 1. The van der Waals surface area contributed by atoms with Gasteiger partial charge in [-0.25, -0.2) is 4.98 Å². The van der Waals surface area contributed by atoms with E-state index in [9.17, 15) is 14.7 Å². The number of imidazole rings is 1. The molecular formula is C28H28BrClN4O4. The second-order valence-corrected chi connectivity index (χ2v) is 10.4. The molecule has 2 heterocycles. The zero-order valence-corrected chi connectivity index (χ0v) is 23.3. The first-order valence-corrected chi connectivity index (χ1v) is 13.2. The number of aliphatic hydroxyl groups is 1. The Labute approximate surface area is 233 Å². The van der Waals surface area contributed by atoms with Gasteiger partial charge in [0.25, 0.3) is 0 Å². The standard InChI is InChI=1S/C28H28BrClN4O4/c1-16(2)38-23-10-9-20(27(31)37)25(26(23)30)19(13-32-24(36)15-35)12-17-5-7-18(8-6-17)22-14-34-11-3-4-21(29)28(34)33-22/h3-11,14,16,19,35H,12-13,15H2,1-2H3,(H2,31,37)(H,32,36). The van der Waals surface area contributed by atoms with Crippen LogP contribution in [-0.4, -0.2) is 45.6 Å². The van der Waals surface area contributed by atoms with Gasteiger partial charge in [-0.3, -0.25) is 9.59 Å². The van der Waals surface area contributed by atoms with Gasteiger partial charge in [0.1, 0.15) is 12.4 Å². The molecule has 38 heavy (non-hydrogen) atoms. The maximum absolute atomic E-state index is 12.3. The monoisotopic (exact) mass is 598 g/mol. The SMILES string of the molecule is CC(C)Oc1ccc(C(N)=O)c(C(CNC(=O)CO)Cc2ccc(-c3cn4cccc(Br)c4n3)cc2)c1Cl. The van der Waals surface area contributed by atoms with E-state index in [-0.39, 0.29) is 23.2 Å². The fourth-order valence-corrected chi connectivity index (χ4v) is 5.12. The number of halogens is 2. The third-order valence-electron chi connectivity index (χ3n) is 6.04. The predicted octanol–water partition coefficient (Wildman–Crippen LogP) is 4.74. The lowest BCUT2D eigenvalue weighted by Gasteiger charge is -2.24. The number of nitrogens with zero attached hydrogens (tertiary/aromatic N) is 2. The van der Waals surface area contributed by atoms with Crippen molar-refractivity contribution in [1.82, 2.24) is 14.7 Å². The van der Waals surface area contributed by atoms with Crippen molar-refractivity contribution in [3.63, 3.8) is 0 Å². The van der Waals surface area contributed by atoms with Gasteiger partial charge in [-0.2, -0.15) is 0 Å². The summed E-state index contributed by atoms with van der Waals surface area (Å²) in [4.78, 5) is 29.0. The zero-order valence-electron chi connectivity index (χ0n) is 20.9. The van der Waals surface area contributed by atoms with Crippen LogP contribution in [0.2, 0.25) is 5.02 Å². The molecule has 198 valence electrons. The molecule has 4 N–H and O–H groups in total. The van der Waals surface area contributed by atoms with Crippen molar-refractivity contribution in [2.75, 3.05) is 13.2 Å². The number of primary amides is 1. The zero-order chi connectivity index (χ0) is 27.4. The molecule has 4 rings (SSSR count). The molecule has 0 aliphatic heterocycles. The second kappa shape index (κ2) is 12.0. The average molecular weight is 600 g/mol. The molecule has 1 unspecified atom stereocenters. The Balaban J connectivity index is 1.68. The lowest BCUT2D eigenvalue weighted by molar-refractivity contribution is -0.123. The Hall–Kier alpha value is -3.40. The highest BCUT2D eigenvalue weighted by Crippen LogP contribution is 2.38. The quantitative estimate of drug-likeness (QED) is 0.243. The predicted molar refractivity (Wildman–Crippen MR) is 151 cm³/mol. The summed E-state index contributed by atoms with van der Waals surface area (Å²) in [5.74, 6) is -1.17. The second-order valence-electron chi connectivity index (χ2n) is 9.14. The molecule has 2 aromatic carbocycles. The molecule has 0 aliphatic rings. The van der Waals surface area contributed by atoms with Gasteiger partial charge in [0.05, 0.1) is 21.3 Å². The number of rotatable bonds is 10. The van der Waals surface area contributed by atoms with Crippen molar-refractivity contribution in [1.29, 1.82) is 0 Å². The van der Waals surface area contributed by atoms with Crippen LogP contribution in [0.1, 0.15) is 41.3 Å². The van der Waals surface area contributed by atoms with Crippen LogP contribution in [0.5, 0.6) is 5.75 Å². The van der Waals surface area contributed by atoms with E-state index in [1.54, 1.807) is 12.1 Å². The minimum Gasteiger partial charge on any atom is -0.489 e. The number of pyridine rings is 1. The average Bonchev–Trinajstić information content (AvgIpc) is 3.33. The molecule has 8 nitrogen and oxygen atoms in total. The number of nitrogens with two attached hydrogens (primary N) is 1. The van der Waals surface area contributed by atoms with E-state index in [1.165, 1.54) is 0 Å². The van der Waals surface area contributed by atoms with Crippen molar-refractivity contribution in [3.05, 3.63) is 87.1 Å². The number of hydrogen-bond acceptors (Lipinski definition) is 5. The number of benzene rings is 2. The van der Waals surface area contributed by atoms with Gasteiger partial charge >= 0.3 is 0 Å². The molecule has 0 saturated heterocycles.